The first-order chi connectivity index (χ1) is 12.0. The summed E-state index contributed by atoms with van der Waals surface area (Å²) in [6.07, 6.45) is 1.23. The van der Waals surface area contributed by atoms with E-state index < -0.39 is 4.92 Å². The van der Waals surface area contributed by atoms with Gasteiger partial charge in [-0.05, 0) is 22.6 Å². The van der Waals surface area contributed by atoms with Crippen molar-refractivity contribution >= 4 is 17.6 Å². The highest BCUT2D eigenvalue weighted by atomic mass is 32.2. The quantitative estimate of drug-likeness (QED) is 0.380. The molecule has 0 bridgehead atoms. The summed E-state index contributed by atoms with van der Waals surface area (Å²) < 4.78 is 16.5. The van der Waals surface area contributed by atoms with Crippen LogP contribution in [0.3, 0.4) is 0 Å². The SMILES string of the molecule is Cc1ncc([N+](=O)[O-])n1Cc1nnc(SCc2cccc(F)c2)n1C. The van der Waals surface area contributed by atoms with E-state index in [2.05, 4.69) is 15.2 Å². The maximum absolute atomic E-state index is 13.2. The lowest BCUT2D eigenvalue weighted by Gasteiger charge is -2.05. The number of nitrogens with zero attached hydrogens (tertiary/aromatic N) is 6. The molecule has 8 nitrogen and oxygen atoms in total. The third-order valence-corrected chi connectivity index (χ3v) is 4.79. The van der Waals surface area contributed by atoms with Gasteiger partial charge in [-0.15, -0.1) is 10.2 Å². The molecule has 0 amide bonds. The summed E-state index contributed by atoms with van der Waals surface area (Å²) in [6.45, 7) is 1.90. The second kappa shape index (κ2) is 7.01. The van der Waals surface area contributed by atoms with E-state index in [0.717, 1.165) is 5.56 Å². The average molecular weight is 362 g/mol. The Hall–Kier alpha value is -2.75. The number of aryl methyl sites for hydroxylation is 1. The van der Waals surface area contributed by atoms with Gasteiger partial charge in [0.05, 0.1) is 0 Å². The molecule has 3 rings (SSSR count). The zero-order valence-electron chi connectivity index (χ0n) is 13.6. The Labute approximate surface area is 146 Å². The van der Waals surface area contributed by atoms with Crippen molar-refractivity contribution in [2.24, 2.45) is 7.05 Å². The summed E-state index contributed by atoms with van der Waals surface area (Å²) >= 11 is 1.42. The second-order valence-corrected chi connectivity index (χ2v) is 6.33. The number of halogens is 1. The minimum atomic E-state index is -0.476. The number of hydrogen-bond donors (Lipinski definition) is 0. The van der Waals surface area contributed by atoms with Crippen LogP contribution >= 0.6 is 11.8 Å². The Kier molecular flexibility index (Phi) is 4.79. The fourth-order valence-corrected chi connectivity index (χ4v) is 3.19. The number of hydrogen-bond acceptors (Lipinski definition) is 6. The number of imidazole rings is 1. The van der Waals surface area contributed by atoms with Crippen molar-refractivity contribution in [3.05, 3.63) is 63.6 Å². The van der Waals surface area contributed by atoms with Crippen LogP contribution in [0.4, 0.5) is 10.2 Å². The van der Waals surface area contributed by atoms with Crippen LogP contribution in [0.15, 0.2) is 35.6 Å². The molecule has 0 N–H and O–H groups in total. The number of rotatable bonds is 6. The van der Waals surface area contributed by atoms with Gasteiger partial charge in [0.1, 0.15) is 12.0 Å². The Bertz CT molecular complexity index is 923. The molecule has 0 radical (unpaired) electrons. The lowest BCUT2D eigenvalue weighted by Crippen LogP contribution is -2.10. The summed E-state index contributed by atoms with van der Waals surface area (Å²) in [4.78, 5) is 14.6. The topological polar surface area (TPSA) is 91.7 Å². The zero-order valence-corrected chi connectivity index (χ0v) is 14.4. The highest BCUT2D eigenvalue weighted by Crippen LogP contribution is 2.22. The van der Waals surface area contributed by atoms with Gasteiger partial charge in [0.25, 0.3) is 0 Å². The highest BCUT2D eigenvalue weighted by molar-refractivity contribution is 7.98. The largest absolute Gasteiger partial charge is 0.358 e. The van der Waals surface area contributed by atoms with Crippen LogP contribution in [0, 0.1) is 22.9 Å². The monoisotopic (exact) mass is 362 g/mol. The first kappa shape index (κ1) is 17.1. The van der Waals surface area contributed by atoms with E-state index in [1.165, 1.54) is 34.7 Å². The number of nitro groups is 1. The lowest BCUT2D eigenvalue weighted by atomic mass is 10.2. The van der Waals surface area contributed by atoms with E-state index >= 15 is 0 Å². The molecule has 0 saturated carbocycles. The summed E-state index contributed by atoms with van der Waals surface area (Å²) in [5, 5.41) is 19.9. The third kappa shape index (κ3) is 3.68. The molecule has 3 aromatic rings. The van der Waals surface area contributed by atoms with Crippen molar-refractivity contribution in [1.29, 1.82) is 0 Å². The van der Waals surface area contributed by atoms with Crippen molar-refractivity contribution in [2.45, 2.75) is 24.4 Å². The van der Waals surface area contributed by atoms with Gasteiger partial charge in [-0.25, -0.2) is 13.9 Å². The fraction of sp³-hybridized carbons (Fsp3) is 0.267. The molecule has 0 unspecified atom stereocenters. The second-order valence-electron chi connectivity index (χ2n) is 5.38. The average Bonchev–Trinajstić information content (AvgIpc) is 3.10. The number of benzene rings is 1. The van der Waals surface area contributed by atoms with Crippen molar-refractivity contribution in [1.82, 2.24) is 24.3 Å². The normalized spacial score (nSPS) is 11.0. The molecular weight excluding hydrogens is 347 g/mol. The van der Waals surface area contributed by atoms with Crippen molar-refractivity contribution in [3.8, 4) is 0 Å². The molecule has 0 fully saturated rings. The molecule has 25 heavy (non-hydrogen) atoms. The molecule has 0 aliphatic rings. The predicted molar refractivity (Wildman–Crippen MR) is 89.7 cm³/mol. The van der Waals surface area contributed by atoms with Crippen LogP contribution in [0.25, 0.3) is 0 Å². The molecule has 0 aliphatic carbocycles. The maximum Gasteiger partial charge on any atom is 0.343 e. The first-order valence-corrected chi connectivity index (χ1v) is 8.36. The third-order valence-electron chi connectivity index (χ3n) is 3.70. The Morgan fingerprint density at radius 2 is 2.16 bits per heavy atom. The van der Waals surface area contributed by atoms with E-state index in [9.17, 15) is 14.5 Å². The summed E-state index contributed by atoms with van der Waals surface area (Å²) in [6, 6.07) is 6.37. The fourth-order valence-electron chi connectivity index (χ4n) is 2.32. The van der Waals surface area contributed by atoms with Crippen LogP contribution in [-0.4, -0.2) is 29.2 Å². The molecule has 0 saturated heterocycles. The number of aromatic nitrogens is 5. The van der Waals surface area contributed by atoms with Crippen LogP contribution in [-0.2, 0) is 19.3 Å². The predicted octanol–water partition coefficient (Wildman–Crippen LogP) is 2.71. The lowest BCUT2D eigenvalue weighted by molar-refractivity contribution is -0.392. The summed E-state index contributed by atoms with van der Waals surface area (Å²) in [7, 11) is 1.79. The van der Waals surface area contributed by atoms with Gasteiger partial charge in [0.2, 0.25) is 0 Å². The van der Waals surface area contributed by atoms with E-state index in [1.54, 1.807) is 24.6 Å². The Morgan fingerprint density at radius 3 is 2.88 bits per heavy atom. The smallest absolute Gasteiger partial charge is 0.343 e. The molecular formula is C15H15FN6O2S. The van der Waals surface area contributed by atoms with E-state index in [1.807, 2.05) is 6.07 Å². The summed E-state index contributed by atoms with van der Waals surface area (Å²) in [5.74, 6) is 1.29. The van der Waals surface area contributed by atoms with Crippen molar-refractivity contribution < 1.29 is 9.31 Å². The minimum absolute atomic E-state index is 0.0885. The molecule has 2 aromatic heterocycles. The molecule has 0 aliphatic heterocycles. The van der Waals surface area contributed by atoms with Gasteiger partial charge in [0, 0.05) is 19.7 Å². The van der Waals surface area contributed by atoms with Crippen LogP contribution in [0.1, 0.15) is 17.2 Å². The maximum atomic E-state index is 13.2. The van der Waals surface area contributed by atoms with Gasteiger partial charge in [-0.2, -0.15) is 0 Å². The van der Waals surface area contributed by atoms with Gasteiger partial charge in [-0.1, -0.05) is 23.9 Å². The molecule has 0 atom stereocenters. The van der Waals surface area contributed by atoms with Crippen molar-refractivity contribution in [3.63, 3.8) is 0 Å². The highest BCUT2D eigenvalue weighted by Gasteiger charge is 2.20. The van der Waals surface area contributed by atoms with E-state index in [0.29, 0.717) is 22.6 Å². The number of thioether (sulfide) groups is 1. The van der Waals surface area contributed by atoms with Gasteiger partial charge in [0.15, 0.2) is 23.4 Å². The minimum Gasteiger partial charge on any atom is -0.358 e. The Morgan fingerprint density at radius 1 is 1.36 bits per heavy atom. The Balaban J connectivity index is 1.75. The first-order valence-electron chi connectivity index (χ1n) is 7.37. The van der Waals surface area contributed by atoms with Gasteiger partial charge < -0.3 is 14.7 Å². The molecule has 1 aromatic carbocycles. The zero-order chi connectivity index (χ0) is 18.0. The van der Waals surface area contributed by atoms with Gasteiger partial charge >= 0.3 is 5.82 Å². The van der Waals surface area contributed by atoms with Crippen LogP contribution in [0.5, 0.6) is 0 Å². The molecule has 10 heteroatoms. The molecule has 130 valence electrons. The molecule has 2 heterocycles. The van der Waals surface area contributed by atoms with Crippen LogP contribution in [0.2, 0.25) is 0 Å². The van der Waals surface area contributed by atoms with Gasteiger partial charge in [-0.3, -0.25) is 0 Å². The van der Waals surface area contributed by atoms with Crippen molar-refractivity contribution in [2.75, 3.05) is 0 Å². The van der Waals surface area contributed by atoms with E-state index in [-0.39, 0.29) is 18.2 Å². The summed E-state index contributed by atoms with van der Waals surface area (Å²) in [5.41, 5.74) is 0.843. The molecule has 0 spiro atoms. The van der Waals surface area contributed by atoms with Crippen LogP contribution < -0.4 is 0 Å². The van der Waals surface area contributed by atoms with E-state index in [4.69, 9.17) is 0 Å². The standard InChI is InChI=1S/C15H15FN6O2S/c1-10-17-7-14(22(23)24)21(10)8-13-18-19-15(20(13)2)25-9-11-4-3-5-12(16)6-11/h3-7H,8-9H2,1-2H3.